The molecule has 0 radical (unpaired) electrons. The molecule has 1 unspecified atom stereocenters. The second-order valence-electron chi connectivity index (χ2n) is 7.24. The van der Waals surface area contributed by atoms with E-state index in [-0.39, 0.29) is 6.04 Å². The fraction of sp³-hybridized carbons (Fsp3) is 0.400. The Labute approximate surface area is 162 Å². The molecular formula is C20H20ClFN2O3. The molecule has 5 rings (SSSR count). The molecule has 2 aromatic carbocycles. The van der Waals surface area contributed by atoms with E-state index in [0.29, 0.717) is 41.3 Å². The monoisotopic (exact) mass is 390 g/mol. The molecule has 2 fully saturated rings. The number of benzene rings is 2. The van der Waals surface area contributed by atoms with Gasteiger partial charge in [-0.3, -0.25) is 0 Å². The van der Waals surface area contributed by atoms with E-state index >= 15 is 0 Å². The Hall–Kier alpha value is -2.02. The molecule has 3 aliphatic heterocycles. The van der Waals surface area contributed by atoms with E-state index in [0.717, 1.165) is 18.8 Å². The number of nitrogens with one attached hydrogen (secondary N) is 1. The lowest BCUT2D eigenvalue weighted by molar-refractivity contribution is -0.0705. The van der Waals surface area contributed by atoms with Crippen LogP contribution in [0.1, 0.15) is 12.5 Å². The maximum absolute atomic E-state index is 14.5. The van der Waals surface area contributed by atoms with Crippen molar-refractivity contribution in [1.82, 2.24) is 5.32 Å². The summed E-state index contributed by atoms with van der Waals surface area (Å²) < 4.78 is 32.5. The molecule has 142 valence electrons. The SMILES string of the molecule is CC1(c2ccc(Cl)cc2F)Oc2cccc(N3CCN[C@H]4COC[C@H]43)c2O1. The molecule has 3 aliphatic rings. The summed E-state index contributed by atoms with van der Waals surface area (Å²) >= 11 is 5.89. The van der Waals surface area contributed by atoms with Gasteiger partial charge in [0, 0.05) is 25.0 Å². The van der Waals surface area contributed by atoms with Crippen molar-refractivity contribution in [2.24, 2.45) is 0 Å². The molecule has 0 aliphatic carbocycles. The van der Waals surface area contributed by atoms with Gasteiger partial charge in [0.1, 0.15) is 5.82 Å². The van der Waals surface area contributed by atoms with E-state index in [1.54, 1.807) is 19.1 Å². The van der Waals surface area contributed by atoms with Crippen LogP contribution in [0.25, 0.3) is 0 Å². The van der Waals surface area contributed by atoms with Crippen LogP contribution in [0.5, 0.6) is 11.5 Å². The van der Waals surface area contributed by atoms with Gasteiger partial charge in [0.25, 0.3) is 5.79 Å². The van der Waals surface area contributed by atoms with Crippen molar-refractivity contribution < 1.29 is 18.6 Å². The van der Waals surface area contributed by atoms with Crippen molar-refractivity contribution in [2.75, 3.05) is 31.2 Å². The molecule has 0 amide bonds. The first-order chi connectivity index (χ1) is 13.0. The summed E-state index contributed by atoms with van der Waals surface area (Å²) in [5.74, 6) is -0.446. The van der Waals surface area contributed by atoms with E-state index < -0.39 is 11.6 Å². The molecule has 3 heterocycles. The number of fused-ring (bicyclic) bond motifs is 2. The maximum Gasteiger partial charge on any atom is 0.278 e. The standard InChI is InChI=1S/C20H20ClFN2O3/c1-20(13-6-5-12(21)9-14(13)22)26-18-4-2-3-16(19(18)27-20)24-8-7-23-15-10-25-11-17(15)24/h2-6,9,15,17,23H,7-8,10-11H2,1H3/t15-,17+,20?/m0/s1. The summed E-state index contributed by atoms with van der Waals surface area (Å²) in [6.45, 7) is 4.82. The molecular weight excluding hydrogens is 371 g/mol. The zero-order valence-corrected chi connectivity index (χ0v) is 15.6. The van der Waals surface area contributed by atoms with Crippen molar-refractivity contribution >= 4 is 17.3 Å². The second kappa shape index (κ2) is 6.26. The van der Waals surface area contributed by atoms with Gasteiger partial charge in [0.05, 0.1) is 36.5 Å². The van der Waals surface area contributed by atoms with Crippen LogP contribution < -0.4 is 19.7 Å². The van der Waals surface area contributed by atoms with Crippen LogP contribution >= 0.6 is 11.6 Å². The molecule has 2 aromatic rings. The zero-order chi connectivity index (χ0) is 18.6. The average Bonchev–Trinajstić information content (AvgIpc) is 3.24. The van der Waals surface area contributed by atoms with Gasteiger partial charge < -0.3 is 24.4 Å². The van der Waals surface area contributed by atoms with Crippen LogP contribution in [0.15, 0.2) is 36.4 Å². The van der Waals surface area contributed by atoms with Crippen LogP contribution in [0.4, 0.5) is 10.1 Å². The fourth-order valence-corrected chi connectivity index (χ4v) is 4.35. The van der Waals surface area contributed by atoms with Crippen LogP contribution in [0.2, 0.25) is 5.02 Å². The highest BCUT2D eigenvalue weighted by molar-refractivity contribution is 6.30. The molecule has 0 aromatic heterocycles. The highest BCUT2D eigenvalue weighted by Crippen LogP contribution is 2.50. The smallest absolute Gasteiger partial charge is 0.278 e. The molecule has 1 N–H and O–H groups in total. The van der Waals surface area contributed by atoms with E-state index in [1.807, 2.05) is 18.2 Å². The molecule has 3 atom stereocenters. The first kappa shape index (κ1) is 17.1. The zero-order valence-electron chi connectivity index (χ0n) is 14.9. The Morgan fingerprint density at radius 3 is 2.96 bits per heavy atom. The van der Waals surface area contributed by atoms with Gasteiger partial charge >= 0.3 is 0 Å². The highest BCUT2D eigenvalue weighted by atomic mass is 35.5. The summed E-state index contributed by atoms with van der Waals surface area (Å²) in [5, 5.41) is 3.84. The largest absolute Gasteiger partial charge is 0.444 e. The van der Waals surface area contributed by atoms with Gasteiger partial charge in [0.15, 0.2) is 11.5 Å². The fourth-order valence-electron chi connectivity index (χ4n) is 4.19. The van der Waals surface area contributed by atoms with Crippen LogP contribution in [0.3, 0.4) is 0 Å². The first-order valence-electron chi connectivity index (χ1n) is 9.09. The van der Waals surface area contributed by atoms with Crippen LogP contribution in [-0.4, -0.2) is 38.4 Å². The molecule has 0 bridgehead atoms. The van der Waals surface area contributed by atoms with Crippen LogP contribution in [-0.2, 0) is 10.5 Å². The highest BCUT2D eigenvalue weighted by Gasteiger charge is 2.44. The number of nitrogens with zero attached hydrogens (tertiary/aromatic N) is 1. The summed E-state index contributed by atoms with van der Waals surface area (Å²) in [6, 6.07) is 10.9. The number of hydrogen-bond acceptors (Lipinski definition) is 5. The maximum atomic E-state index is 14.5. The number of para-hydroxylation sites is 1. The van der Waals surface area contributed by atoms with Crippen molar-refractivity contribution in [3.8, 4) is 11.5 Å². The van der Waals surface area contributed by atoms with Gasteiger partial charge in [-0.2, -0.15) is 0 Å². The predicted molar refractivity (Wildman–Crippen MR) is 100 cm³/mol. The normalized spacial score (nSPS) is 29.1. The number of ether oxygens (including phenoxy) is 3. The van der Waals surface area contributed by atoms with Gasteiger partial charge in [-0.1, -0.05) is 17.7 Å². The lowest BCUT2D eigenvalue weighted by Gasteiger charge is -2.39. The van der Waals surface area contributed by atoms with Crippen molar-refractivity contribution in [3.63, 3.8) is 0 Å². The Morgan fingerprint density at radius 1 is 1.22 bits per heavy atom. The Bertz CT molecular complexity index is 896. The third-order valence-corrected chi connectivity index (χ3v) is 5.73. The minimum absolute atomic E-state index is 0.243. The van der Waals surface area contributed by atoms with E-state index in [2.05, 4.69) is 10.2 Å². The Morgan fingerprint density at radius 2 is 2.11 bits per heavy atom. The number of hydrogen-bond donors (Lipinski definition) is 1. The summed E-state index contributed by atoms with van der Waals surface area (Å²) in [6.07, 6.45) is 0. The lowest BCUT2D eigenvalue weighted by Crippen LogP contribution is -2.57. The van der Waals surface area contributed by atoms with Crippen molar-refractivity contribution in [3.05, 3.63) is 52.8 Å². The van der Waals surface area contributed by atoms with E-state index in [1.165, 1.54) is 6.07 Å². The Kier molecular flexibility index (Phi) is 3.96. The number of piperazine rings is 1. The van der Waals surface area contributed by atoms with Crippen molar-refractivity contribution in [2.45, 2.75) is 24.8 Å². The lowest BCUT2D eigenvalue weighted by atomic mass is 10.1. The van der Waals surface area contributed by atoms with E-state index in [9.17, 15) is 4.39 Å². The number of rotatable bonds is 2. The average molecular weight is 391 g/mol. The van der Waals surface area contributed by atoms with Crippen LogP contribution in [0, 0.1) is 5.82 Å². The molecule has 0 saturated carbocycles. The number of halogens is 2. The second-order valence-corrected chi connectivity index (χ2v) is 7.67. The van der Waals surface area contributed by atoms with E-state index in [4.69, 9.17) is 25.8 Å². The quantitative estimate of drug-likeness (QED) is 0.852. The van der Waals surface area contributed by atoms with Gasteiger partial charge in [-0.15, -0.1) is 0 Å². The topological polar surface area (TPSA) is 43.0 Å². The summed E-state index contributed by atoms with van der Waals surface area (Å²) in [5.41, 5.74) is 1.27. The summed E-state index contributed by atoms with van der Waals surface area (Å²) in [4.78, 5) is 2.31. The molecule has 5 nitrogen and oxygen atoms in total. The molecule has 2 saturated heterocycles. The molecule has 7 heteroatoms. The van der Waals surface area contributed by atoms with Gasteiger partial charge in [-0.05, 0) is 30.3 Å². The van der Waals surface area contributed by atoms with Gasteiger partial charge in [-0.25, -0.2) is 4.39 Å². The summed E-state index contributed by atoms with van der Waals surface area (Å²) in [7, 11) is 0. The number of anilines is 1. The molecule has 27 heavy (non-hydrogen) atoms. The van der Waals surface area contributed by atoms with Gasteiger partial charge in [0.2, 0.25) is 0 Å². The predicted octanol–water partition coefficient (Wildman–Crippen LogP) is 3.30. The minimum Gasteiger partial charge on any atom is -0.444 e. The minimum atomic E-state index is -1.24. The Balaban J connectivity index is 1.52. The third kappa shape index (κ3) is 2.74. The molecule has 0 spiro atoms. The third-order valence-electron chi connectivity index (χ3n) is 5.50. The first-order valence-corrected chi connectivity index (χ1v) is 9.47. The van der Waals surface area contributed by atoms with Crippen molar-refractivity contribution in [1.29, 1.82) is 0 Å².